The molecule has 26 heavy (non-hydrogen) atoms. The number of aromatic amines is 1. The van der Waals surface area contributed by atoms with E-state index >= 15 is 0 Å². The van der Waals surface area contributed by atoms with Crippen LogP contribution < -0.4 is 4.90 Å². The first-order valence-electron chi connectivity index (χ1n) is 9.21. The monoisotopic (exact) mass is 365 g/mol. The zero-order valence-electron chi connectivity index (χ0n) is 14.8. The molecular weight excluding hydrogens is 342 g/mol. The lowest BCUT2D eigenvalue weighted by Crippen LogP contribution is -2.31. The second kappa shape index (κ2) is 7.46. The van der Waals surface area contributed by atoms with Gasteiger partial charge in [-0.15, -0.1) is 17.9 Å². The van der Waals surface area contributed by atoms with E-state index in [2.05, 4.69) is 23.7 Å². The van der Waals surface area contributed by atoms with E-state index in [-0.39, 0.29) is 5.91 Å². The molecule has 0 radical (unpaired) electrons. The SMILES string of the molecule is C=CCN(C(=O)CCc1c[nH]c2ccccc12)c1nc2c(s1)CCCC2. The summed E-state index contributed by atoms with van der Waals surface area (Å²) in [6.45, 7) is 4.33. The second-order valence-corrected chi connectivity index (χ2v) is 7.79. The number of nitrogens with one attached hydrogen (secondary N) is 1. The Hall–Kier alpha value is -2.40. The van der Waals surface area contributed by atoms with Gasteiger partial charge in [0.05, 0.1) is 5.69 Å². The van der Waals surface area contributed by atoms with Gasteiger partial charge in [0.2, 0.25) is 5.91 Å². The Morgan fingerprint density at radius 2 is 2.15 bits per heavy atom. The number of hydrogen-bond donors (Lipinski definition) is 1. The molecule has 1 amide bonds. The van der Waals surface area contributed by atoms with Crippen molar-refractivity contribution in [2.45, 2.75) is 38.5 Å². The molecule has 0 atom stereocenters. The number of fused-ring (bicyclic) bond motifs is 2. The van der Waals surface area contributed by atoms with E-state index < -0.39 is 0 Å². The number of nitrogens with zero attached hydrogens (tertiary/aromatic N) is 2. The number of amides is 1. The van der Waals surface area contributed by atoms with E-state index in [1.807, 2.05) is 18.3 Å². The number of H-pyrrole nitrogens is 1. The van der Waals surface area contributed by atoms with Crippen molar-refractivity contribution in [2.75, 3.05) is 11.4 Å². The zero-order chi connectivity index (χ0) is 17.9. The maximum atomic E-state index is 12.9. The molecular formula is C21H23N3OS. The molecule has 4 nitrogen and oxygen atoms in total. The van der Waals surface area contributed by atoms with E-state index in [1.54, 1.807) is 22.3 Å². The van der Waals surface area contributed by atoms with Gasteiger partial charge in [0, 0.05) is 34.9 Å². The summed E-state index contributed by atoms with van der Waals surface area (Å²) < 4.78 is 0. The fourth-order valence-corrected chi connectivity index (χ4v) is 4.76. The van der Waals surface area contributed by atoms with Gasteiger partial charge in [-0.2, -0.15) is 0 Å². The average molecular weight is 366 g/mol. The summed E-state index contributed by atoms with van der Waals surface area (Å²) >= 11 is 1.68. The van der Waals surface area contributed by atoms with E-state index in [0.29, 0.717) is 13.0 Å². The number of carbonyl (C=O) groups is 1. The van der Waals surface area contributed by atoms with Crippen LogP contribution in [0.2, 0.25) is 0 Å². The summed E-state index contributed by atoms with van der Waals surface area (Å²) in [7, 11) is 0. The molecule has 4 rings (SSSR count). The highest BCUT2D eigenvalue weighted by atomic mass is 32.1. The molecule has 0 bridgehead atoms. The Balaban J connectivity index is 1.50. The van der Waals surface area contributed by atoms with Crippen LogP contribution in [0.1, 0.15) is 35.4 Å². The summed E-state index contributed by atoms with van der Waals surface area (Å²) in [5.41, 5.74) is 3.49. The number of benzene rings is 1. The standard InChI is InChI=1S/C21H23N3OS/c1-2-13-24(21-23-18-9-5-6-10-19(18)26-21)20(25)12-11-15-14-22-17-8-4-3-7-16(15)17/h2-4,7-8,14,22H,1,5-6,9-13H2. The maximum Gasteiger partial charge on any atom is 0.229 e. The van der Waals surface area contributed by atoms with Crippen LogP contribution in [0.4, 0.5) is 5.13 Å². The Morgan fingerprint density at radius 3 is 3.00 bits per heavy atom. The number of hydrogen-bond acceptors (Lipinski definition) is 3. The first kappa shape index (κ1) is 17.0. The van der Waals surface area contributed by atoms with Gasteiger partial charge in [-0.3, -0.25) is 9.69 Å². The van der Waals surface area contributed by atoms with Crippen molar-refractivity contribution < 1.29 is 4.79 Å². The lowest BCUT2D eigenvalue weighted by molar-refractivity contribution is -0.118. The minimum atomic E-state index is 0.112. The van der Waals surface area contributed by atoms with Gasteiger partial charge in [-0.05, 0) is 43.7 Å². The summed E-state index contributed by atoms with van der Waals surface area (Å²) in [4.78, 5) is 24.1. The van der Waals surface area contributed by atoms with Crippen molar-refractivity contribution in [1.29, 1.82) is 0 Å². The van der Waals surface area contributed by atoms with Crippen LogP contribution in [-0.4, -0.2) is 22.4 Å². The number of aryl methyl sites for hydroxylation is 3. The Bertz CT molecular complexity index is 916. The van der Waals surface area contributed by atoms with Crippen molar-refractivity contribution in [3.05, 3.63) is 59.3 Å². The van der Waals surface area contributed by atoms with E-state index in [0.717, 1.165) is 29.9 Å². The first-order chi connectivity index (χ1) is 12.8. The Labute approximate surface area is 157 Å². The fraction of sp³-hybridized carbons (Fsp3) is 0.333. The molecule has 2 heterocycles. The minimum absolute atomic E-state index is 0.112. The molecule has 134 valence electrons. The number of rotatable bonds is 6. The van der Waals surface area contributed by atoms with Crippen molar-refractivity contribution in [3.8, 4) is 0 Å². The van der Waals surface area contributed by atoms with Crippen LogP contribution in [0.15, 0.2) is 43.1 Å². The van der Waals surface area contributed by atoms with Crippen LogP contribution in [-0.2, 0) is 24.1 Å². The molecule has 2 aromatic heterocycles. The van der Waals surface area contributed by atoms with Crippen molar-refractivity contribution in [2.24, 2.45) is 0 Å². The highest BCUT2D eigenvalue weighted by Crippen LogP contribution is 2.32. The van der Waals surface area contributed by atoms with E-state index in [1.165, 1.54) is 34.4 Å². The number of anilines is 1. The lowest BCUT2D eigenvalue weighted by atomic mass is 10.0. The molecule has 0 aliphatic heterocycles. The zero-order valence-corrected chi connectivity index (χ0v) is 15.6. The molecule has 0 saturated heterocycles. The van der Waals surface area contributed by atoms with Gasteiger partial charge < -0.3 is 4.98 Å². The number of aromatic nitrogens is 2. The minimum Gasteiger partial charge on any atom is -0.361 e. The molecule has 5 heteroatoms. The van der Waals surface area contributed by atoms with Gasteiger partial charge >= 0.3 is 0 Å². The van der Waals surface area contributed by atoms with Crippen LogP contribution >= 0.6 is 11.3 Å². The fourth-order valence-electron chi connectivity index (χ4n) is 3.58. The van der Waals surface area contributed by atoms with Crippen molar-refractivity contribution >= 4 is 33.3 Å². The predicted octanol–water partition coefficient (Wildman–Crippen LogP) is 4.66. The first-order valence-corrected chi connectivity index (χ1v) is 10.0. The summed E-state index contributed by atoms with van der Waals surface area (Å²) in [5, 5.41) is 2.03. The molecule has 1 aromatic carbocycles. The summed E-state index contributed by atoms with van der Waals surface area (Å²) in [6, 6.07) is 8.21. The van der Waals surface area contributed by atoms with Gasteiger partial charge in [0.25, 0.3) is 0 Å². The number of thiazole rings is 1. The third kappa shape index (κ3) is 3.31. The molecule has 0 fully saturated rings. The molecule has 1 aliphatic carbocycles. The van der Waals surface area contributed by atoms with Gasteiger partial charge in [0.1, 0.15) is 0 Å². The van der Waals surface area contributed by atoms with Gasteiger partial charge in [-0.1, -0.05) is 24.3 Å². The maximum absolute atomic E-state index is 12.9. The average Bonchev–Trinajstić information content (AvgIpc) is 3.28. The normalized spacial score (nSPS) is 13.5. The summed E-state index contributed by atoms with van der Waals surface area (Å²) in [5.74, 6) is 0.112. The van der Waals surface area contributed by atoms with Crippen LogP contribution in [0.25, 0.3) is 10.9 Å². The van der Waals surface area contributed by atoms with Crippen LogP contribution in [0.3, 0.4) is 0 Å². The smallest absolute Gasteiger partial charge is 0.229 e. The Kier molecular flexibility index (Phi) is 4.89. The number of para-hydroxylation sites is 1. The van der Waals surface area contributed by atoms with Crippen molar-refractivity contribution in [3.63, 3.8) is 0 Å². The Morgan fingerprint density at radius 1 is 1.31 bits per heavy atom. The third-order valence-electron chi connectivity index (χ3n) is 4.96. The van der Waals surface area contributed by atoms with E-state index in [9.17, 15) is 4.79 Å². The predicted molar refractivity (Wildman–Crippen MR) is 108 cm³/mol. The number of carbonyl (C=O) groups excluding carboxylic acids is 1. The lowest BCUT2D eigenvalue weighted by Gasteiger charge is -2.18. The van der Waals surface area contributed by atoms with Crippen LogP contribution in [0, 0.1) is 0 Å². The molecule has 0 saturated carbocycles. The molecule has 3 aromatic rings. The highest BCUT2D eigenvalue weighted by molar-refractivity contribution is 7.16. The molecule has 1 N–H and O–H groups in total. The largest absolute Gasteiger partial charge is 0.361 e. The molecule has 0 spiro atoms. The third-order valence-corrected chi connectivity index (χ3v) is 6.14. The van der Waals surface area contributed by atoms with Crippen LogP contribution in [0.5, 0.6) is 0 Å². The van der Waals surface area contributed by atoms with Gasteiger partial charge in [-0.25, -0.2) is 4.98 Å². The highest BCUT2D eigenvalue weighted by Gasteiger charge is 2.22. The van der Waals surface area contributed by atoms with Gasteiger partial charge in [0.15, 0.2) is 5.13 Å². The second-order valence-electron chi connectivity index (χ2n) is 6.73. The van der Waals surface area contributed by atoms with E-state index in [4.69, 9.17) is 4.98 Å². The van der Waals surface area contributed by atoms with Crippen molar-refractivity contribution in [1.82, 2.24) is 9.97 Å². The quantitative estimate of drug-likeness (QED) is 0.646. The molecule has 1 aliphatic rings. The summed E-state index contributed by atoms with van der Waals surface area (Å²) in [6.07, 6.45) is 9.55. The molecule has 0 unspecified atom stereocenters. The topological polar surface area (TPSA) is 49.0 Å².